The Hall–Kier alpha value is -0.120. The highest BCUT2D eigenvalue weighted by Gasteiger charge is 2.40. The fourth-order valence-electron chi connectivity index (χ4n) is 3.19. The summed E-state index contributed by atoms with van der Waals surface area (Å²) < 4.78 is 11.5. The van der Waals surface area contributed by atoms with Crippen molar-refractivity contribution in [3.63, 3.8) is 0 Å². The van der Waals surface area contributed by atoms with E-state index in [1.165, 1.54) is 19.3 Å². The Kier molecular flexibility index (Phi) is 4.45. The lowest BCUT2D eigenvalue weighted by molar-refractivity contribution is -0.179. The van der Waals surface area contributed by atoms with Crippen molar-refractivity contribution < 1.29 is 9.47 Å². The van der Waals surface area contributed by atoms with Crippen LogP contribution in [-0.4, -0.2) is 31.1 Å². The zero-order valence-electron chi connectivity index (χ0n) is 11.5. The molecule has 1 atom stereocenters. The van der Waals surface area contributed by atoms with Crippen LogP contribution >= 0.6 is 0 Å². The van der Waals surface area contributed by atoms with Crippen LogP contribution in [0.5, 0.6) is 0 Å². The summed E-state index contributed by atoms with van der Waals surface area (Å²) in [7, 11) is 0. The van der Waals surface area contributed by atoms with Gasteiger partial charge in [0.05, 0.1) is 13.2 Å². The van der Waals surface area contributed by atoms with Crippen LogP contribution in [0.2, 0.25) is 0 Å². The minimum atomic E-state index is -0.209. The van der Waals surface area contributed by atoms with E-state index in [0.717, 1.165) is 32.0 Å². The lowest BCUT2D eigenvalue weighted by Gasteiger charge is -2.37. The summed E-state index contributed by atoms with van der Waals surface area (Å²) in [4.78, 5) is 0. The average Bonchev–Trinajstić information content (AvgIpc) is 2.69. The lowest BCUT2D eigenvalue weighted by Crippen LogP contribution is -2.45. The Morgan fingerprint density at radius 1 is 1.12 bits per heavy atom. The molecule has 1 unspecified atom stereocenters. The quantitative estimate of drug-likeness (QED) is 0.821. The smallest absolute Gasteiger partial charge is 0.168 e. The van der Waals surface area contributed by atoms with Crippen LogP contribution in [0.4, 0.5) is 0 Å². The SMILES string of the molecule is CC(C)CC(C)NC1CCC2(CC1)OCCO2. The molecular formula is C14H27NO2. The maximum absolute atomic E-state index is 5.75. The van der Waals surface area contributed by atoms with Crippen molar-refractivity contribution in [2.75, 3.05) is 13.2 Å². The van der Waals surface area contributed by atoms with E-state index < -0.39 is 0 Å². The summed E-state index contributed by atoms with van der Waals surface area (Å²) >= 11 is 0. The van der Waals surface area contributed by atoms with Crippen molar-refractivity contribution in [1.29, 1.82) is 0 Å². The second kappa shape index (κ2) is 5.68. The molecule has 1 heterocycles. The van der Waals surface area contributed by atoms with Gasteiger partial charge in [0, 0.05) is 24.9 Å². The summed E-state index contributed by atoms with van der Waals surface area (Å²) in [6.45, 7) is 8.43. The van der Waals surface area contributed by atoms with E-state index in [1.54, 1.807) is 0 Å². The zero-order chi connectivity index (χ0) is 12.3. The van der Waals surface area contributed by atoms with Crippen molar-refractivity contribution in [3.8, 4) is 0 Å². The summed E-state index contributed by atoms with van der Waals surface area (Å²) in [5.41, 5.74) is 0. The molecule has 1 spiro atoms. The van der Waals surface area contributed by atoms with Gasteiger partial charge in [0.15, 0.2) is 5.79 Å². The van der Waals surface area contributed by atoms with E-state index in [1.807, 2.05) is 0 Å². The van der Waals surface area contributed by atoms with Gasteiger partial charge in [-0.05, 0) is 32.1 Å². The minimum absolute atomic E-state index is 0.209. The first-order valence-corrected chi connectivity index (χ1v) is 7.14. The normalized spacial score (nSPS) is 26.8. The fraction of sp³-hybridized carbons (Fsp3) is 1.00. The predicted octanol–water partition coefficient (Wildman–Crippen LogP) is 2.70. The standard InChI is InChI=1S/C14H27NO2/c1-11(2)10-12(3)15-13-4-6-14(7-5-13)16-8-9-17-14/h11-13,15H,4-10H2,1-3H3. The van der Waals surface area contributed by atoms with Gasteiger partial charge in [-0.15, -0.1) is 0 Å². The molecule has 1 N–H and O–H groups in total. The zero-order valence-corrected chi connectivity index (χ0v) is 11.5. The molecule has 0 bridgehead atoms. The highest BCUT2D eigenvalue weighted by atomic mass is 16.7. The van der Waals surface area contributed by atoms with Crippen LogP contribution in [0.3, 0.4) is 0 Å². The molecule has 2 aliphatic rings. The van der Waals surface area contributed by atoms with Gasteiger partial charge in [0.1, 0.15) is 0 Å². The van der Waals surface area contributed by atoms with E-state index in [-0.39, 0.29) is 5.79 Å². The van der Waals surface area contributed by atoms with Gasteiger partial charge in [-0.2, -0.15) is 0 Å². The Labute approximate surface area is 105 Å². The van der Waals surface area contributed by atoms with Gasteiger partial charge in [-0.25, -0.2) is 0 Å². The molecule has 1 aliphatic carbocycles. The summed E-state index contributed by atoms with van der Waals surface area (Å²) in [5.74, 6) is 0.563. The van der Waals surface area contributed by atoms with E-state index >= 15 is 0 Å². The molecule has 1 saturated carbocycles. The lowest BCUT2D eigenvalue weighted by atomic mass is 9.89. The average molecular weight is 241 g/mol. The summed E-state index contributed by atoms with van der Waals surface area (Å²) in [6, 6.07) is 1.28. The van der Waals surface area contributed by atoms with Gasteiger partial charge >= 0.3 is 0 Å². The van der Waals surface area contributed by atoms with Crippen molar-refractivity contribution in [1.82, 2.24) is 5.32 Å². The van der Waals surface area contributed by atoms with E-state index in [0.29, 0.717) is 12.1 Å². The first-order chi connectivity index (χ1) is 8.10. The maximum Gasteiger partial charge on any atom is 0.168 e. The second-order valence-corrected chi connectivity index (χ2v) is 6.08. The van der Waals surface area contributed by atoms with Crippen molar-refractivity contribution in [3.05, 3.63) is 0 Å². The van der Waals surface area contributed by atoms with Gasteiger partial charge in [-0.1, -0.05) is 13.8 Å². The Morgan fingerprint density at radius 3 is 2.24 bits per heavy atom. The Bertz CT molecular complexity index is 226. The molecule has 1 aliphatic heterocycles. The first-order valence-electron chi connectivity index (χ1n) is 7.14. The topological polar surface area (TPSA) is 30.5 Å². The summed E-state index contributed by atoms with van der Waals surface area (Å²) in [6.07, 6.45) is 5.73. The summed E-state index contributed by atoms with van der Waals surface area (Å²) in [5, 5.41) is 3.75. The van der Waals surface area contributed by atoms with Crippen molar-refractivity contribution >= 4 is 0 Å². The number of hydrogen-bond acceptors (Lipinski definition) is 3. The third kappa shape index (κ3) is 3.67. The molecule has 100 valence electrons. The molecule has 1 saturated heterocycles. The van der Waals surface area contributed by atoms with Crippen molar-refractivity contribution in [2.24, 2.45) is 5.92 Å². The van der Waals surface area contributed by atoms with Crippen LogP contribution in [0, 0.1) is 5.92 Å². The van der Waals surface area contributed by atoms with Gasteiger partial charge in [0.25, 0.3) is 0 Å². The minimum Gasteiger partial charge on any atom is -0.348 e. The van der Waals surface area contributed by atoms with Crippen LogP contribution in [0.25, 0.3) is 0 Å². The molecule has 0 aromatic rings. The molecule has 3 heteroatoms. The van der Waals surface area contributed by atoms with E-state index in [4.69, 9.17) is 9.47 Å². The molecule has 0 radical (unpaired) electrons. The number of rotatable bonds is 4. The van der Waals surface area contributed by atoms with Crippen LogP contribution < -0.4 is 5.32 Å². The fourth-order valence-corrected chi connectivity index (χ4v) is 3.19. The third-order valence-corrected chi connectivity index (χ3v) is 3.91. The molecule has 3 nitrogen and oxygen atoms in total. The predicted molar refractivity (Wildman–Crippen MR) is 68.9 cm³/mol. The van der Waals surface area contributed by atoms with E-state index in [9.17, 15) is 0 Å². The molecule has 0 aromatic carbocycles. The largest absolute Gasteiger partial charge is 0.348 e. The Morgan fingerprint density at radius 2 is 1.71 bits per heavy atom. The van der Waals surface area contributed by atoms with Crippen LogP contribution in [0.15, 0.2) is 0 Å². The molecule has 0 aromatic heterocycles. The number of ether oxygens (including phenoxy) is 2. The number of hydrogen-bond donors (Lipinski definition) is 1. The molecule has 17 heavy (non-hydrogen) atoms. The third-order valence-electron chi connectivity index (χ3n) is 3.91. The first kappa shape index (κ1) is 13.3. The van der Waals surface area contributed by atoms with Gasteiger partial charge < -0.3 is 14.8 Å². The highest BCUT2D eigenvalue weighted by Crippen LogP contribution is 2.35. The maximum atomic E-state index is 5.75. The molecular weight excluding hydrogens is 214 g/mol. The number of nitrogens with one attached hydrogen (secondary N) is 1. The molecule has 0 amide bonds. The van der Waals surface area contributed by atoms with Crippen LogP contribution in [0.1, 0.15) is 52.9 Å². The van der Waals surface area contributed by atoms with Crippen LogP contribution in [-0.2, 0) is 9.47 Å². The monoisotopic (exact) mass is 241 g/mol. The molecule has 2 fully saturated rings. The second-order valence-electron chi connectivity index (χ2n) is 6.08. The Balaban J connectivity index is 1.71. The van der Waals surface area contributed by atoms with Crippen molar-refractivity contribution in [2.45, 2.75) is 70.7 Å². The van der Waals surface area contributed by atoms with Gasteiger partial charge in [0.2, 0.25) is 0 Å². The molecule has 2 rings (SSSR count). The van der Waals surface area contributed by atoms with Gasteiger partial charge in [-0.3, -0.25) is 0 Å². The highest BCUT2D eigenvalue weighted by molar-refractivity contribution is 4.86. The van der Waals surface area contributed by atoms with E-state index in [2.05, 4.69) is 26.1 Å².